The van der Waals surface area contributed by atoms with Crippen LogP contribution in [0.25, 0.3) is 11.0 Å². The molecule has 0 radical (unpaired) electrons. The zero-order valence-electron chi connectivity index (χ0n) is 20.9. The fourth-order valence-corrected chi connectivity index (χ4v) is 4.58. The van der Waals surface area contributed by atoms with Crippen molar-refractivity contribution in [3.8, 4) is 5.75 Å². The van der Waals surface area contributed by atoms with Crippen molar-refractivity contribution in [1.82, 2.24) is 14.9 Å². The summed E-state index contributed by atoms with van der Waals surface area (Å²) < 4.78 is 16.9. The third-order valence-corrected chi connectivity index (χ3v) is 6.57. The molecule has 7 nitrogen and oxygen atoms in total. The predicted octanol–water partition coefficient (Wildman–Crippen LogP) is 4.63. The van der Waals surface area contributed by atoms with Gasteiger partial charge in [0.05, 0.1) is 50.9 Å². The third-order valence-electron chi connectivity index (χ3n) is 6.57. The summed E-state index contributed by atoms with van der Waals surface area (Å²) in [6, 6.07) is 23.3. The molecule has 2 heterocycles. The number of methoxy groups -OCH3 is 1. The van der Waals surface area contributed by atoms with Gasteiger partial charge in [0.2, 0.25) is 0 Å². The molecule has 0 atom stereocenters. The average Bonchev–Trinajstić information content (AvgIpc) is 3.40. The molecule has 5 rings (SSSR count). The summed E-state index contributed by atoms with van der Waals surface area (Å²) in [5, 5.41) is 0. The molecule has 0 saturated carbocycles. The van der Waals surface area contributed by atoms with E-state index in [-0.39, 0.29) is 0 Å². The third kappa shape index (κ3) is 6.43. The van der Waals surface area contributed by atoms with Gasteiger partial charge >= 0.3 is 0 Å². The molecule has 0 amide bonds. The van der Waals surface area contributed by atoms with Crippen LogP contribution in [0.15, 0.2) is 73.1 Å². The molecule has 1 saturated heterocycles. The highest BCUT2D eigenvalue weighted by molar-refractivity contribution is 5.75. The van der Waals surface area contributed by atoms with Crippen LogP contribution in [0.2, 0.25) is 0 Å². The number of benzene rings is 3. The molecule has 0 spiro atoms. The Kier molecular flexibility index (Phi) is 8.13. The zero-order valence-corrected chi connectivity index (χ0v) is 20.9. The number of morpholine rings is 1. The van der Waals surface area contributed by atoms with Crippen LogP contribution in [-0.4, -0.2) is 61.4 Å². The summed E-state index contributed by atoms with van der Waals surface area (Å²) in [4.78, 5) is 12.4. The van der Waals surface area contributed by atoms with Crippen LogP contribution in [0.1, 0.15) is 16.7 Å². The number of anilines is 1. The topological polar surface area (TPSA) is 62.8 Å². The summed E-state index contributed by atoms with van der Waals surface area (Å²) in [5.74, 6) is 0.869. The molecule has 1 N–H and O–H groups in total. The van der Waals surface area contributed by atoms with Crippen LogP contribution in [0.5, 0.6) is 5.75 Å². The van der Waals surface area contributed by atoms with E-state index in [0.29, 0.717) is 6.61 Å². The first kappa shape index (κ1) is 24.3. The lowest BCUT2D eigenvalue weighted by Crippen LogP contribution is -2.38. The van der Waals surface area contributed by atoms with E-state index in [0.717, 1.165) is 75.0 Å². The summed E-state index contributed by atoms with van der Waals surface area (Å²) in [6.07, 6.45) is 1.74. The Morgan fingerprint density at radius 2 is 1.75 bits per heavy atom. The van der Waals surface area contributed by atoms with Gasteiger partial charge in [-0.15, -0.1) is 0 Å². The minimum absolute atomic E-state index is 0.602. The lowest BCUT2D eigenvalue weighted by molar-refractivity contribution is 0.0180. The standard InChI is InChI=1S/C29H34N4O3/c1-34-27-7-3-4-23(17-27)19-33(20-24-8-9-28-29(18-24)31-22-30-28)26-6-2-5-25(16-26)21-36-15-12-32-10-13-35-14-11-32/h2-9,16-18,22H,10-15,19-21H2,1H3,(H,30,31). The normalized spacial score (nSPS) is 14.2. The summed E-state index contributed by atoms with van der Waals surface area (Å²) >= 11 is 0. The van der Waals surface area contributed by atoms with Crippen molar-refractivity contribution in [2.45, 2.75) is 19.7 Å². The molecule has 3 aromatic carbocycles. The molecule has 7 heteroatoms. The molecule has 0 unspecified atom stereocenters. The average molecular weight is 487 g/mol. The second kappa shape index (κ2) is 12.0. The molecule has 4 aromatic rings. The maximum atomic E-state index is 6.03. The van der Waals surface area contributed by atoms with Gasteiger partial charge in [0, 0.05) is 38.4 Å². The Morgan fingerprint density at radius 3 is 2.61 bits per heavy atom. The number of ether oxygens (including phenoxy) is 3. The monoisotopic (exact) mass is 486 g/mol. The number of aromatic nitrogens is 2. The quantitative estimate of drug-likeness (QED) is 0.312. The SMILES string of the molecule is COc1cccc(CN(Cc2ccc3nc[nH]c3c2)c2cccc(COCCN3CCOCC3)c2)c1. The molecular formula is C29H34N4O3. The van der Waals surface area contributed by atoms with Gasteiger partial charge in [-0.05, 0) is 53.1 Å². The Balaban J connectivity index is 1.30. The number of H-pyrrole nitrogens is 1. The van der Waals surface area contributed by atoms with Gasteiger partial charge in [-0.25, -0.2) is 4.98 Å². The van der Waals surface area contributed by atoms with E-state index in [9.17, 15) is 0 Å². The van der Waals surface area contributed by atoms with Gasteiger partial charge < -0.3 is 24.1 Å². The molecule has 36 heavy (non-hydrogen) atoms. The molecule has 0 aliphatic carbocycles. The van der Waals surface area contributed by atoms with Gasteiger partial charge in [-0.1, -0.05) is 30.3 Å². The van der Waals surface area contributed by atoms with E-state index in [1.807, 2.05) is 12.1 Å². The summed E-state index contributed by atoms with van der Waals surface area (Å²) in [5.41, 5.74) is 6.79. The highest BCUT2D eigenvalue weighted by Gasteiger charge is 2.12. The number of nitrogens with zero attached hydrogens (tertiary/aromatic N) is 3. The maximum Gasteiger partial charge on any atom is 0.119 e. The number of hydrogen-bond acceptors (Lipinski definition) is 6. The molecule has 188 valence electrons. The van der Waals surface area contributed by atoms with Crippen molar-refractivity contribution in [3.05, 3.63) is 89.7 Å². The molecule has 1 aliphatic heterocycles. The number of nitrogens with one attached hydrogen (secondary N) is 1. The number of fused-ring (bicyclic) bond motifs is 1. The van der Waals surface area contributed by atoms with E-state index in [2.05, 4.69) is 74.4 Å². The first-order valence-electron chi connectivity index (χ1n) is 12.5. The van der Waals surface area contributed by atoms with E-state index < -0.39 is 0 Å². The van der Waals surface area contributed by atoms with Crippen LogP contribution < -0.4 is 9.64 Å². The smallest absolute Gasteiger partial charge is 0.119 e. The van der Waals surface area contributed by atoms with E-state index in [1.54, 1.807) is 13.4 Å². The Morgan fingerprint density at radius 1 is 0.944 bits per heavy atom. The second-order valence-corrected chi connectivity index (χ2v) is 9.14. The Hall–Kier alpha value is -3.39. The van der Waals surface area contributed by atoms with Gasteiger partial charge in [0.15, 0.2) is 0 Å². The number of imidazole rings is 1. The van der Waals surface area contributed by atoms with Crippen molar-refractivity contribution in [1.29, 1.82) is 0 Å². The highest BCUT2D eigenvalue weighted by Crippen LogP contribution is 2.24. The van der Waals surface area contributed by atoms with Gasteiger partial charge in [0.25, 0.3) is 0 Å². The largest absolute Gasteiger partial charge is 0.497 e. The molecule has 1 aliphatic rings. The molecular weight excluding hydrogens is 452 g/mol. The number of aromatic amines is 1. The number of rotatable bonds is 11. The van der Waals surface area contributed by atoms with Crippen molar-refractivity contribution in [2.24, 2.45) is 0 Å². The molecule has 1 aromatic heterocycles. The summed E-state index contributed by atoms with van der Waals surface area (Å²) in [6.45, 7) is 7.42. The lowest BCUT2D eigenvalue weighted by Gasteiger charge is -2.27. The van der Waals surface area contributed by atoms with Gasteiger partial charge in [0.1, 0.15) is 5.75 Å². The fourth-order valence-electron chi connectivity index (χ4n) is 4.58. The van der Waals surface area contributed by atoms with Crippen molar-refractivity contribution in [3.63, 3.8) is 0 Å². The zero-order chi connectivity index (χ0) is 24.6. The minimum Gasteiger partial charge on any atom is -0.497 e. The fraction of sp³-hybridized carbons (Fsp3) is 0.345. The number of hydrogen-bond donors (Lipinski definition) is 1. The van der Waals surface area contributed by atoms with Crippen LogP contribution >= 0.6 is 0 Å². The maximum absolute atomic E-state index is 6.03. The van der Waals surface area contributed by atoms with Crippen LogP contribution in [-0.2, 0) is 29.2 Å². The highest BCUT2D eigenvalue weighted by atomic mass is 16.5. The van der Waals surface area contributed by atoms with Crippen LogP contribution in [0.4, 0.5) is 5.69 Å². The van der Waals surface area contributed by atoms with E-state index >= 15 is 0 Å². The Bertz CT molecular complexity index is 1250. The second-order valence-electron chi connectivity index (χ2n) is 9.14. The predicted molar refractivity (Wildman–Crippen MR) is 142 cm³/mol. The lowest BCUT2D eigenvalue weighted by atomic mass is 10.1. The van der Waals surface area contributed by atoms with Crippen LogP contribution in [0.3, 0.4) is 0 Å². The van der Waals surface area contributed by atoms with Crippen molar-refractivity contribution < 1.29 is 14.2 Å². The first-order chi connectivity index (χ1) is 17.8. The summed E-state index contributed by atoms with van der Waals surface area (Å²) in [7, 11) is 1.71. The van der Waals surface area contributed by atoms with Gasteiger partial charge in [-0.2, -0.15) is 0 Å². The Labute approximate surface area is 212 Å². The van der Waals surface area contributed by atoms with Crippen molar-refractivity contribution >= 4 is 16.7 Å². The first-order valence-corrected chi connectivity index (χ1v) is 12.5. The van der Waals surface area contributed by atoms with E-state index in [1.165, 1.54) is 16.7 Å². The van der Waals surface area contributed by atoms with Crippen LogP contribution in [0, 0.1) is 0 Å². The van der Waals surface area contributed by atoms with E-state index in [4.69, 9.17) is 14.2 Å². The van der Waals surface area contributed by atoms with Gasteiger partial charge in [-0.3, -0.25) is 4.90 Å². The molecule has 0 bridgehead atoms. The minimum atomic E-state index is 0.602. The van der Waals surface area contributed by atoms with Crippen molar-refractivity contribution in [2.75, 3.05) is 51.5 Å². The molecule has 1 fully saturated rings.